The quantitative estimate of drug-likeness (QED) is 0.637. The van der Waals surface area contributed by atoms with Crippen LogP contribution in [0.4, 0.5) is 0 Å². The Morgan fingerprint density at radius 3 is 1.88 bits per heavy atom. The number of sulfone groups is 1. The minimum absolute atomic E-state index is 0.0210. The summed E-state index contributed by atoms with van der Waals surface area (Å²) >= 11 is 0. The molecular weight excluding hydrogens is 356 g/mol. The lowest BCUT2D eigenvalue weighted by atomic mass is 10.0. The van der Waals surface area contributed by atoms with Crippen LogP contribution >= 0.6 is 10.9 Å². The van der Waals surface area contributed by atoms with Crippen LogP contribution in [-0.4, -0.2) is 30.3 Å². The van der Waals surface area contributed by atoms with Gasteiger partial charge in [-0.1, -0.05) is 30.3 Å². The number of rotatable bonds is 5. The highest BCUT2D eigenvalue weighted by atomic mass is 32.2. The Balaban J connectivity index is 2.43. The Hall–Kier alpha value is -1.92. The Bertz CT molecular complexity index is 883. The van der Waals surface area contributed by atoms with Crippen molar-refractivity contribution >= 4 is 31.6 Å². The van der Waals surface area contributed by atoms with Crippen LogP contribution in [0.25, 0.3) is 0 Å². The van der Waals surface area contributed by atoms with Crippen LogP contribution in [0, 0.1) is 0 Å². The number of thiol groups is 1. The molecule has 0 aliphatic rings. The molecule has 0 fully saturated rings. The van der Waals surface area contributed by atoms with E-state index >= 15 is 0 Å². The van der Waals surface area contributed by atoms with Gasteiger partial charge >= 0.3 is 0 Å². The molecule has 1 atom stereocenters. The zero-order valence-electron chi connectivity index (χ0n) is 14.7. The second-order valence-electron chi connectivity index (χ2n) is 6.37. The smallest absolute Gasteiger partial charge is 0.177 e. The van der Waals surface area contributed by atoms with Crippen molar-refractivity contribution in [3.8, 4) is 0 Å². The Labute approximate surface area is 151 Å². The van der Waals surface area contributed by atoms with Crippen LogP contribution in [0.5, 0.6) is 0 Å². The van der Waals surface area contributed by atoms with Gasteiger partial charge in [-0.2, -0.15) is 10.9 Å². The first-order valence-corrected chi connectivity index (χ1v) is 11.0. The fourth-order valence-electron chi connectivity index (χ4n) is 2.78. The number of ketones is 1. The molecule has 2 aromatic carbocycles. The summed E-state index contributed by atoms with van der Waals surface area (Å²) < 4.78 is 22.2. The van der Waals surface area contributed by atoms with Crippen molar-refractivity contribution in [1.82, 2.24) is 0 Å². The monoisotopic (exact) mass is 378 g/mol. The van der Waals surface area contributed by atoms with E-state index < -0.39 is 25.5 Å². The molecule has 0 bridgehead atoms. The van der Waals surface area contributed by atoms with Crippen LogP contribution in [0.2, 0.25) is 0 Å². The topological polar surface area (TPSA) is 68.3 Å². The predicted molar refractivity (Wildman–Crippen MR) is 102 cm³/mol. The summed E-state index contributed by atoms with van der Waals surface area (Å²) in [6.07, 6.45) is 1.12. The Morgan fingerprint density at radius 2 is 1.44 bits per heavy atom. The van der Waals surface area contributed by atoms with Gasteiger partial charge < -0.3 is 0 Å². The van der Waals surface area contributed by atoms with Crippen LogP contribution in [0.15, 0.2) is 64.4 Å². The van der Waals surface area contributed by atoms with Gasteiger partial charge in [0.05, 0.1) is 9.64 Å². The van der Waals surface area contributed by atoms with Gasteiger partial charge in [0.1, 0.15) is 0 Å². The third-order valence-electron chi connectivity index (χ3n) is 3.99. The summed E-state index contributed by atoms with van der Waals surface area (Å²) in [5.41, 5.74) is 0.405. The van der Waals surface area contributed by atoms with E-state index in [1.165, 1.54) is 31.2 Å². The molecule has 0 N–H and O–H groups in total. The molecule has 0 aliphatic carbocycles. The van der Waals surface area contributed by atoms with Crippen LogP contribution in [0.3, 0.4) is 0 Å². The van der Waals surface area contributed by atoms with Crippen molar-refractivity contribution in [3.63, 3.8) is 0 Å². The zero-order valence-corrected chi connectivity index (χ0v) is 16.4. The van der Waals surface area contributed by atoms with Crippen molar-refractivity contribution in [1.29, 1.82) is 0 Å². The average molecular weight is 379 g/mol. The molecule has 1 unspecified atom stereocenters. The summed E-state index contributed by atoms with van der Waals surface area (Å²) in [6.45, 7) is 5.07. The van der Waals surface area contributed by atoms with E-state index in [1.807, 2.05) is 30.3 Å². The summed E-state index contributed by atoms with van der Waals surface area (Å²) in [5, 5.41) is -0.0210. The maximum atomic E-state index is 13.1. The molecule has 6 heteroatoms. The average Bonchev–Trinajstić information content (AvgIpc) is 2.54. The molecule has 0 amide bonds. The molecule has 0 spiro atoms. The lowest BCUT2D eigenvalue weighted by molar-refractivity contribution is -0.109. The molecule has 25 heavy (non-hydrogen) atoms. The van der Waals surface area contributed by atoms with Crippen molar-refractivity contribution in [2.45, 2.75) is 35.3 Å². The molecule has 0 heterocycles. The minimum Gasteiger partial charge on any atom is -0.293 e. The standard InChI is InChI=1S/C19H22O4S2/c1-14(20)24(16-8-6-5-7-9-16)19(2,3)18(21)15-10-12-17(13-11-15)25(4,22)23/h5-13,24H,1-4H3. The predicted octanol–water partition coefficient (Wildman–Crippen LogP) is 3.66. The third kappa shape index (κ3) is 4.19. The van der Waals surface area contributed by atoms with Crippen molar-refractivity contribution in [3.05, 3.63) is 60.2 Å². The second-order valence-corrected chi connectivity index (χ2v) is 11.3. The Morgan fingerprint density at radius 1 is 0.920 bits per heavy atom. The van der Waals surface area contributed by atoms with Crippen LogP contribution < -0.4 is 0 Å². The SMILES string of the molecule is CC(=O)[SH](c1ccccc1)C(C)(C)C(=O)c1ccc(S(C)(=O)=O)cc1. The highest BCUT2D eigenvalue weighted by Crippen LogP contribution is 2.50. The molecule has 0 saturated carbocycles. The highest BCUT2D eigenvalue weighted by molar-refractivity contribution is 8.31. The normalized spacial score (nSPS) is 14.0. The van der Waals surface area contributed by atoms with E-state index in [0.29, 0.717) is 5.56 Å². The van der Waals surface area contributed by atoms with Crippen molar-refractivity contribution < 1.29 is 18.0 Å². The van der Waals surface area contributed by atoms with E-state index in [-0.39, 0.29) is 15.8 Å². The lowest BCUT2D eigenvalue weighted by Crippen LogP contribution is -2.34. The molecule has 4 nitrogen and oxygen atoms in total. The molecular formula is C19H22O4S2. The fourth-order valence-corrected chi connectivity index (χ4v) is 6.01. The molecule has 0 saturated heterocycles. The first-order chi connectivity index (χ1) is 11.5. The summed E-state index contributed by atoms with van der Waals surface area (Å²) in [6, 6.07) is 15.2. The van der Waals surface area contributed by atoms with Crippen molar-refractivity contribution in [2.24, 2.45) is 0 Å². The highest BCUT2D eigenvalue weighted by Gasteiger charge is 2.38. The fraction of sp³-hybridized carbons (Fsp3) is 0.263. The van der Waals surface area contributed by atoms with Gasteiger partial charge in [-0.3, -0.25) is 9.59 Å². The number of Topliss-reactive ketones (excluding diaryl/α,β-unsaturated/α-hetero) is 1. The molecule has 0 radical (unpaired) electrons. The summed E-state index contributed by atoms with van der Waals surface area (Å²) in [7, 11) is -4.67. The van der Waals surface area contributed by atoms with Gasteiger partial charge in [0.25, 0.3) is 0 Å². The van der Waals surface area contributed by atoms with Gasteiger partial charge in [0.2, 0.25) is 0 Å². The maximum absolute atomic E-state index is 13.1. The number of hydrogen-bond donors (Lipinski definition) is 1. The van der Waals surface area contributed by atoms with Crippen molar-refractivity contribution in [2.75, 3.05) is 6.26 Å². The first kappa shape index (κ1) is 19.4. The van der Waals surface area contributed by atoms with Gasteiger partial charge in [-0.25, -0.2) is 8.42 Å². The molecule has 134 valence electrons. The second kappa shape index (κ2) is 7.14. The van der Waals surface area contributed by atoms with E-state index in [1.54, 1.807) is 13.8 Å². The molecule has 2 rings (SSSR count). The zero-order chi connectivity index (χ0) is 18.8. The largest absolute Gasteiger partial charge is 0.293 e. The third-order valence-corrected chi connectivity index (χ3v) is 7.88. The number of carbonyl (C=O) groups excluding carboxylic acids is 2. The number of benzene rings is 2. The van der Waals surface area contributed by atoms with Gasteiger partial charge in [0.15, 0.2) is 20.7 Å². The van der Waals surface area contributed by atoms with E-state index in [4.69, 9.17) is 0 Å². The Kier molecular flexibility index (Phi) is 5.54. The number of carbonyl (C=O) groups is 2. The van der Waals surface area contributed by atoms with Gasteiger partial charge in [-0.15, -0.1) is 0 Å². The number of hydrogen-bond acceptors (Lipinski definition) is 4. The minimum atomic E-state index is -3.31. The van der Waals surface area contributed by atoms with Gasteiger partial charge in [0, 0.05) is 18.7 Å². The molecule has 2 aromatic rings. The molecule has 0 aromatic heterocycles. The van der Waals surface area contributed by atoms with E-state index in [0.717, 1.165) is 11.2 Å². The summed E-state index contributed by atoms with van der Waals surface area (Å²) in [5.74, 6) is -0.169. The summed E-state index contributed by atoms with van der Waals surface area (Å²) in [4.78, 5) is 26.4. The van der Waals surface area contributed by atoms with Crippen LogP contribution in [-0.2, 0) is 14.6 Å². The lowest BCUT2D eigenvalue weighted by Gasteiger charge is -2.35. The molecule has 0 aliphatic heterocycles. The maximum Gasteiger partial charge on any atom is 0.177 e. The first-order valence-electron chi connectivity index (χ1n) is 7.76. The van der Waals surface area contributed by atoms with E-state index in [9.17, 15) is 18.0 Å². The van der Waals surface area contributed by atoms with E-state index in [2.05, 4.69) is 0 Å². The van der Waals surface area contributed by atoms with Crippen LogP contribution in [0.1, 0.15) is 31.1 Å². The van der Waals surface area contributed by atoms with Gasteiger partial charge in [-0.05, 0) is 43.0 Å².